The van der Waals surface area contributed by atoms with Gasteiger partial charge < -0.3 is 14.6 Å². The Hall–Kier alpha value is -2.05. The van der Waals surface area contributed by atoms with E-state index >= 15 is 0 Å². The van der Waals surface area contributed by atoms with Crippen LogP contribution < -0.4 is 9.47 Å². The third-order valence-corrected chi connectivity index (χ3v) is 4.72. The van der Waals surface area contributed by atoms with E-state index in [1.807, 2.05) is 18.3 Å². The monoisotopic (exact) mass is 329 g/mol. The normalized spacial score (nSPS) is 21.8. The smallest absolute Gasteiger partial charge is 0.161 e. The van der Waals surface area contributed by atoms with Crippen molar-refractivity contribution in [3.05, 3.63) is 42.2 Å². The number of hydrogen-bond acceptors (Lipinski definition) is 5. The van der Waals surface area contributed by atoms with Crippen LogP contribution in [0, 0.1) is 0 Å². The average Bonchev–Trinajstić information content (AvgIpc) is 3.26. The third-order valence-electron chi connectivity index (χ3n) is 4.72. The maximum absolute atomic E-state index is 10.4. The van der Waals surface area contributed by atoms with E-state index in [-0.39, 0.29) is 0 Å². The highest BCUT2D eigenvalue weighted by molar-refractivity contribution is 5.44. The fraction of sp³-hybridized carbons (Fsp3) is 0.500. The van der Waals surface area contributed by atoms with Gasteiger partial charge >= 0.3 is 0 Å². The lowest BCUT2D eigenvalue weighted by Gasteiger charge is -2.28. The summed E-state index contributed by atoms with van der Waals surface area (Å²) in [5.74, 6) is 1.66. The first kappa shape index (κ1) is 15.5. The zero-order valence-corrected chi connectivity index (χ0v) is 13.7. The number of aromatic nitrogens is 2. The minimum absolute atomic E-state index is 0.327. The lowest BCUT2D eigenvalue weighted by atomic mass is 10.0. The van der Waals surface area contributed by atoms with Gasteiger partial charge in [-0.2, -0.15) is 5.10 Å². The molecule has 1 N–H and O–H groups in total. The molecule has 6 heteroatoms. The van der Waals surface area contributed by atoms with Gasteiger partial charge in [0.15, 0.2) is 11.5 Å². The standard InChI is InChI=1S/C18H23N3O3/c22-15(13-21-8-2-6-19-21)12-20-7-1-3-16(20)14-4-5-17-18(11-14)24-10-9-23-17/h2,4-6,8,11,15-16,22H,1,3,7,9-10,12-13H2/t15-,16-/m1/s1. The lowest BCUT2D eigenvalue weighted by Crippen LogP contribution is -2.34. The van der Waals surface area contributed by atoms with Crippen molar-refractivity contribution in [3.8, 4) is 11.5 Å². The number of aliphatic hydroxyl groups excluding tert-OH is 1. The van der Waals surface area contributed by atoms with Crippen LogP contribution in [0.2, 0.25) is 0 Å². The topological polar surface area (TPSA) is 59.8 Å². The predicted octanol–water partition coefficient (Wildman–Crippen LogP) is 1.85. The van der Waals surface area contributed by atoms with Gasteiger partial charge in [0.2, 0.25) is 0 Å². The van der Waals surface area contributed by atoms with Crippen molar-refractivity contribution < 1.29 is 14.6 Å². The maximum Gasteiger partial charge on any atom is 0.161 e. The van der Waals surface area contributed by atoms with E-state index in [9.17, 15) is 5.11 Å². The maximum atomic E-state index is 10.4. The van der Waals surface area contributed by atoms with Crippen molar-refractivity contribution in [2.75, 3.05) is 26.3 Å². The number of nitrogens with zero attached hydrogens (tertiary/aromatic N) is 3. The molecule has 6 nitrogen and oxygen atoms in total. The fourth-order valence-corrected chi connectivity index (χ4v) is 3.64. The molecule has 0 saturated carbocycles. The Morgan fingerprint density at radius 3 is 2.92 bits per heavy atom. The van der Waals surface area contributed by atoms with Crippen LogP contribution in [0.5, 0.6) is 11.5 Å². The molecule has 3 heterocycles. The molecule has 2 aliphatic heterocycles. The summed E-state index contributed by atoms with van der Waals surface area (Å²) < 4.78 is 13.1. The molecule has 4 rings (SSSR count). The molecular weight excluding hydrogens is 306 g/mol. The molecule has 0 spiro atoms. The molecule has 0 aliphatic carbocycles. The van der Waals surface area contributed by atoms with Crippen LogP contribution in [0.15, 0.2) is 36.7 Å². The van der Waals surface area contributed by atoms with Gasteiger partial charge in [-0.15, -0.1) is 0 Å². The van der Waals surface area contributed by atoms with E-state index in [2.05, 4.69) is 22.1 Å². The zero-order valence-electron chi connectivity index (χ0n) is 13.7. The number of β-amino-alcohol motifs (C(OH)–C–C–N with tert-alkyl or cyclic N) is 1. The first-order valence-corrected chi connectivity index (χ1v) is 8.59. The highest BCUT2D eigenvalue weighted by Crippen LogP contribution is 2.38. The van der Waals surface area contributed by atoms with Gasteiger partial charge in [0.25, 0.3) is 0 Å². The predicted molar refractivity (Wildman–Crippen MR) is 89.2 cm³/mol. The highest BCUT2D eigenvalue weighted by Gasteiger charge is 2.28. The summed E-state index contributed by atoms with van der Waals surface area (Å²) in [7, 11) is 0. The lowest BCUT2D eigenvalue weighted by molar-refractivity contribution is 0.0889. The molecule has 2 atom stereocenters. The molecule has 0 radical (unpaired) electrons. The van der Waals surface area contributed by atoms with Gasteiger partial charge in [-0.25, -0.2) is 0 Å². The second kappa shape index (κ2) is 6.83. The van der Waals surface area contributed by atoms with Crippen molar-refractivity contribution in [2.24, 2.45) is 0 Å². The van der Waals surface area contributed by atoms with Crippen LogP contribution in [0.3, 0.4) is 0 Å². The Kier molecular flexibility index (Phi) is 4.40. The summed E-state index contributed by atoms with van der Waals surface area (Å²) in [6.45, 7) is 3.40. The Morgan fingerprint density at radius 1 is 1.21 bits per heavy atom. The average molecular weight is 329 g/mol. The quantitative estimate of drug-likeness (QED) is 0.907. The number of hydrogen-bond donors (Lipinski definition) is 1. The molecule has 1 saturated heterocycles. The highest BCUT2D eigenvalue weighted by atomic mass is 16.6. The van der Waals surface area contributed by atoms with Crippen LogP contribution in [-0.4, -0.2) is 52.2 Å². The molecule has 1 aromatic heterocycles. The SMILES string of the molecule is O[C@H](CN1CCC[C@@H]1c1ccc2c(c1)OCCO2)Cn1cccn1. The van der Waals surface area contributed by atoms with Gasteiger partial charge in [-0.05, 0) is 43.1 Å². The number of rotatable bonds is 5. The van der Waals surface area contributed by atoms with E-state index in [4.69, 9.17) is 9.47 Å². The Balaban J connectivity index is 1.44. The molecule has 128 valence electrons. The van der Waals surface area contributed by atoms with Crippen LogP contribution >= 0.6 is 0 Å². The van der Waals surface area contributed by atoms with Gasteiger partial charge in [-0.3, -0.25) is 9.58 Å². The second-order valence-electron chi connectivity index (χ2n) is 6.44. The van der Waals surface area contributed by atoms with E-state index in [1.54, 1.807) is 10.9 Å². The number of benzene rings is 1. The van der Waals surface area contributed by atoms with Crippen molar-refractivity contribution in [1.82, 2.24) is 14.7 Å². The molecule has 2 aliphatic rings. The van der Waals surface area contributed by atoms with E-state index in [0.29, 0.717) is 32.3 Å². The third kappa shape index (κ3) is 3.25. The van der Waals surface area contributed by atoms with Crippen LogP contribution in [-0.2, 0) is 6.54 Å². The van der Waals surface area contributed by atoms with Crippen LogP contribution in [0.25, 0.3) is 0 Å². The van der Waals surface area contributed by atoms with Crippen molar-refractivity contribution in [1.29, 1.82) is 0 Å². The van der Waals surface area contributed by atoms with Crippen LogP contribution in [0.1, 0.15) is 24.4 Å². The van der Waals surface area contributed by atoms with Crippen molar-refractivity contribution in [3.63, 3.8) is 0 Å². The fourth-order valence-electron chi connectivity index (χ4n) is 3.64. The number of fused-ring (bicyclic) bond motifs is 1. The van der Waals surface area contributed by atoms with Gasteiger partial charge in [0.05, 0.1) is 12.6 Å². The molecule has 0 bridgehead atoms. The summed E-state index contributed by atoms with van der Waals surface area (Å²) in [5.41, 5.74) is 1.24. The van der Waals surface area contributed by atoms with Gasteiger partial charge in [0.1, 0.15) is 13.2 Å². The van der Waals surface area contributed by atoms with E-state index < -0.39 is 6.10 Å². The molecule has 1 aromatic carbocycles. The first-order valence-electron chi connectivity index (χ1n) is 8.59. The Labute approximate surface area is 141 Å². The summed E-state index contributed by atoms with van der Waals surface area (Å²) in [5, 5.41) is 14.6. The molecule has 2 aromatic rings. The second-order valence-corrected chi connectivity index (χ2v) is 6.44. The molecule has 0 amide bonds. The minimum Gasteiger partial charge on any atom is -0.486 e. The number of likely N-dealkylation sites (tertiary alicyclic amines) is 1. The molecule has 24 heavy (non-hydrogen) atoms. The zero-order chi connectivity index (χ0) is 16.4. The van der Waals surface area contributed by atoms with E-state index in [0.717, 1.165) is 30.9 Å². The van der Waals surface area contributed by atoms with Crippen LogP contribution in [0.4, 0.5) is 0 Å². The van der Waals surface area contributed by atoms with Gasteiger partial charge in [0, 0.05) is 25.0 Å². The summed E-state index contributed by atoms with van der Waals surface area (Å²) in [4.78, 5) is 2.36. The largest absolute Gasteiger partial charge is 0.486 e. The van der Waals surface area contributed by atoms with Gasteiger partial charge in [-0.1, -0.05) is 6.07 Å². The summed E-state index contributed by atoms with van der Waals surface area (Å²) in [6, 6.07) is 8.42. The summed E-state index contributed by atoms with van der Waals surface area (Å²) >= 11 is 0. The summed E-state index contributed by atoms with van der Waals surface area (Å²) in [6.07, 6.45) is 5.44. The minimum atomic E-state index is -0.428. The molecule has 1 fully saturated rings. The molecule has 0 unspecified atom stereocenters. The number of aliphatic hydroxyl groups is 1. The first-order chi connectivity index (χ1) is 11.8. The van der Waals surface area contributed by atoms with Crippen molar-refractivity contribution >= 4 is 0 Å². The van der Waals surface area contributed by atoms with E-state index in [1.165, 1.54) is 5.56 Å². The Bertz CT molecular complexity index is 674. The molecular formula is C18H23N3O3. The van der Waals surface area contributed by atoms with Crippen molar-refractivity contribution in [2.45, 2.75) is 31.5 Å². The Morgan fingerprint density at radius 2 is 2.08 bits per heavy atom. The number of ether oxygens (including phenoxy) is 2.